The van der Waals surface area contributed by atoms with E-state index < -0.39 is 24.3 Å². The van der Waals surface area contributed by atoms with Gasteiger partial charge in [-0.15, -0.1) is 0 Å². The number of ether oxygens (including phenoxy) is 1. The number of hydrogen-bond donors (Lipinski definition) is 1. The van der Waals surface area contributed by atoms with Crippen molar-refractivity contribution >= 4 is 17.6 Å². The van der Waals surface area contributed by atoms with Crippen molar-refractivity contribution < 1.29 is 18.7 Å². The highest BCUT2D eigenvalue weighted by atomic mass is 19.1. The fraction of sp³-hybridized carbons (Fsp3) is 0.0909. The van der Waals surface area contributed by atoms with Gasteiger partial charge in [-0.05, 0) is 36.2 Å². The van der Waals surface area contributed by atoms with Crippen molar-refractivity contribution in [2.45, 2.75) is 6.92 Å². The predicted molar refractivity (Wildman–Crippen MR) is 102 cm³/mol. The van der Waals surface area contributed by atoms with E-state index in [1.807, 2.05) is 43.3 Å². The van der Waals surface area contributed by atoms with Crippen LogP contribution in [0.1, 0.15) is 15.9 Å². The number of rotatable bonds is 5. The van der Waals surface area contributed by atoms with E-state index in [4.69, 9.17) is 4.74 Å². The first-order valence-electron chi connectivity index (χ1n) is 8.42. The zero-order valence-electron chi connectivity index (χ0n) is 14.7. The van der Waals surface area contributed by atoms with Gasteiger partial charge in [0.1, 0.15) is 5.82 Å². The van der Waals surface area contributed by atoms with Crippen molar-refractivity contribution in [3.63, 3.8) is 0 Å². The van der Waals surface area contributed by atoms with E-state index in [1.165, 1.54) is 18.2 Å². The summed E-state index contributed by atoms with van der Waals surface area (Å²) >= 11 is 0. The Morgan fingerprint density at radius 2 is 1.59 bits per heavy atom. The van der Waals surface area contributed by atoms with Gasteiger partial charge in [-0.2, -0.15) is 0 Å². The number of halogens is 1. The highest BCUT2D eigenvalue weighted by Crippen LogP contribution is 2.24. The second-order valence-electron chi connectivity index (χ2n) is 6.02. The van der Waals surface area contributed by atoms with Gasteiger partial charge in [0, 0.05) is 0 Å². The standard InChI is InChI=1S/C22H18FNO3/c1-15-10-12-16(13-11-15)17-6-2-3-7-18(17)22(26)27-14-21(25)24-20-9-5-4-8-19(20)23/h2-13H,14H2,1H3,(H,24,25). The smallest absolute Gasteiger partial charge is 0.339 e. The molecule has 0 heterocycles. The zero-order chi connectivity index (χ0) is 19.2. The Kier molecular flexibility index (Phi) is 5.61. The molecule has 3 aromatic carbocycles. The quantitative estimate of drug-likeness (QED) is 0.674. The lowest BCUT2D eigenvalue weighted by molar-refractivity contribution is -0.119. The maximum atomic E-state index is 13.6. The molecule has 0 radical (unpaired) electrons. The molecule has 0 aliphatic heterocycles. The normalized spacial score (nSPS) is 10.3. The fourth-order valence-electron chi connectivity index (χ4n) is 2.60. The van der Waals surface area contributed by atoms with Crippen LogP contribution in [0.3, 0.4) is 0 Å². The van der Waals surface area contributed by atoms with E-state index in [1.54, 1.807) is 18.2 Å². The summed E-state index contributed by atoms with van der Waals surface area (Å²) in [5.74, 6) is -1.78. The maximum absolute atomic E-state index is 13.6. The van der Waals surface area contributed by atoms with Crippen molar-refractivity contribution in [1.82, 2.24) is 0 Å². The van der Waals surface area contributed by atoms with Crippen LogP contribution < -0.4 is 5.32 Å². The third kappa shape index (κ3) is 4.58. The molecule has 3 aromatic rings. The van der Waals surface area contributed by atoms with Gasteiger partial charge < -0.3 is 10.1 Å². The number of para-hydroxylation sites is 1. The molecule has 0 saturated carbocycles. The highest BCUT2D eigenvalue weighted by molar-refractivity contribution is 5.99. The van der Waals surface area contributed by atoms with E-state index in [0.717, 1.165) is 16.7 Å². The van der Waals surface area contributed by atoms with E-state index in [0.29, 0.717) is 5.56 Å². The molecule has 4 nitrogen and oxygen atoms in total. The van der Waals surface area contributed by atoms with Gasteiger partial charge in [0.2, 0.25) is 0 Å². The van der Waals surface area contributed by atoms with Crippen molar-refractivity contribution in [1.29, 1.82) is 0 Å². The minimum absolute atomic E-state index is 0.0404. The molecule has 0 spiro atoms. The van der Waals surface area contributed by atoms with Crippen LogP contribution in [0.5, 0.6) is 0 Å². The van der Waals surface area contributed by atoms with Gasteiger partial charge in [-0.25, -0.2) is 9.18 Å². The lowest BCUT2D eigenvalue weighted by Crippen LogP contribution is -2.21. The summed E-state index contributed by atoms with van der Waals surface area (Å²) in [5.41, 5.74) is 3.11. The summed E-state index contributed by atoms with van der Waals surface area (Å²) in [7, 11) is 0. The van der Waals surface area contributed by atoms with Gasteiger partial charge >= 0.3 is 5.97 Å². The van der Waals surface area contributed by atoms with Gasteiger partial charge in [-0.3, -0.25) is 4.79 Å². The molecule has 0 aliphatic carbocycles. The van der Waals surface area contributed by atoms with Crippen LogP contribution in [-0.2, 0) is 9.53 Å². The summed E-state index contributed by atoms with van der Waals surface area (Å²) in [5, 5.41) is 2.38. The molecule has 136 valence electrons. The van der Waals surface area contributed by atoms with E-state index in [-0.39, 0.29) is 5.69 Å². The molecule has 0 unspecified atom stereocenters. The van der Waals surface area contributed by atoms with Gasteiger partial charge in [0.05, 0.1) is 11.3 Å². The summed E-state index contributed by atoms with van der Waals surface area (Å²) in [6, 6.07) is 20.6. The van der Waals surface area contributed by atoms with Crippen LogP contribution in [0, 0.1) is 12.7 Å². The minimum atomic E-state index is -0.616. The molecule has 0 atom stereocenters. The number of carbonyl (C=O) groups excluding carboxylic acids is 2. The molecule has 0 fully saturated rings. The Morgan fingerprint density at radius 3 is 2.33 bits per heavy atom. The molecule has 5 heteroatoms. The summed E-state index contributed by atoms with van der Waals surface area (Å²) in [4.78, 5) is 24.4. The first-order valence-corrected chi connectivity index (χ1v) is 8.42. The van der Waals surface area contributed by atoms with E-state index in [9.17, 15) is 14.0 Å². The lowest BCUT2D eigenvalue weighted by atomic mass is 9.99. The van der Waals surface area contributed by atoms with Gasteiger partial charge in [-0.1, -0.05) is 60.2 Å². The Hall–Kier alpha value is -3.47. The average molecular weight is 363 g/mol. The molecule has 1 N–H and O–H groups in total. The number of benzene rings is 3. The van der Waals surface area contributed by atoms with Crippen LogP contribution in [0.2, 0.25) is 0 Å². The minimum Gasteiger partial charge on any atom is -0.452 e. The molecular formula is C22H18FNO3. The van der Waals surface area contributed by atoms with Gasteiger partial charge in [0.15, 0.2) is 6.61 Å². The van der Waals surface area contributed by atoms with Crippen molar-refractivity contribution in [3.05, 3.63) is 89.7 Å². The summed E-state index contributed by atoms with van der Waals surface area (Å²) in [6.07, 6.45) is 0. The SMILES string of the molecule is Cc1ccc(-c2ccccc2C(=O)OCC(=O)Nc2ccccc2F)cc1. The Bertz CT molecular complexity index is 967. The zero-order valence-corrected chi connectivity index (χ0v) is 14.7. The number of carbonyl (C=O) groups is 2. The van der Waals surface area contributed by atoms with Gasteiger partial charge in [0.25, 0.3) is 5.91 Å². The van der Waals surface area contributed by atoms with Crippen LogP contribution in [0.4, 0.5) is 10.1 Å². The first-order chi connectivity index (χ1) is 13.0. The first kappa shape index (κ1) is 18.3. The number of aryl methyl sites for hydroxylation is 1. The maximum Gasteiger partial charge on any atom is 0.339 e. The van der Waals surface area contributed by atoms with Crippen molar-refractivity contribution in [2.24, 2.45) is 0 Å². The summed E-state index contributed by atoms with van der Waals surface area (Å²) in [6.45, 7) is 1.48. The number of hydrogen-bond acceptors (Lipinski definition) is 3. The number of amides is 1. The molecule has 0 aromatic heterocycles. The topological polar surface area (TPSA) is 55.4 Å². The molecular weight excluding hydrogens is 345 g/mol. The fourth-order valence-corrected chi connectivity index (χ4v) is 2.60. The summed E-state index contributed by atoms with van der Waals surface area (Å²) < 4.78 is 18.7. The number of esters is 1. The van der Waals surface area contributed by atoms with E-state index >= 15 is 0 Å². The number of anilines is 1. The Labute approximate surface area is 156 Å². The second-order valence-corrected chi connectivity index (χ2v) is 6.02. The molecule has 0 aliphatic rings. The van der Waals surface area contributed by atoms with Crippen LogP contribution in [0.15, 0.2) is 72.8 Å². The van der Waals surface area contributed by atoms with Crippen molar-refractivity contribution in [2.75, 3.05) is 11.9 Å². The Balaban J connectivity index is 1.69. The predicted octanol–water partition coefficient (Wildman–Crippen LogP) is 4.60. The molecule has 3 rings (SSSR count). The van der Waals surface area contributed by atoms with Crippen LogP contribution in [-0.4, -0.2) is 18.5 Å². The highest BCUT2D eigenvalue weighted by Gasteiger charge is 2.16. The monoisotopic (exact) mass is 363 g/mol. The van der Waals surface area contributed by atoms with Crippen molar-refractivity contribution in [3.8, 4) is 11.1 Å². The van der Waals surface area contributed by atoms with Crippen LogP contribution >= 0.6 is 0 Å². The number of nitrogens with one attached hydrogen (secondary N) is 1. The Morgan fingerprint density at radius 1 is 0.926 bits per heavy atom. The second kappa shape index (κ2) is 8.27. The lowest BCUT2D eigenvalue weighted by Gasteiger charge is -2.11. The average Bonchev–Trinajstić information content (AvgIpc) is 2.68. The van der Waals surface area contributed by atoms with Crippen LogP contribution in [0.25, 0.3) is 11.1 Å². The third-order valence-corrected chi connectivity index (χ3v) is 3.99. The van der Waals surface area contributed by atoms with E-state index in [2.05, 4.69) is 5.32 Å². The molecule has 27 heavy (non-hydrogen) atoms. The largest absolute Gasteiger partial charge is 0.452 e. The molecule has 0 saturated heterocycles. The molecule has 1 amide bonds. The molecule has 0 bridgehead atoms. The third-order valence-electron chi connectivity index (χ3n) is 3.99.